The maximum atomic E-state index is 3.62. The predicted molar refractivity (Wildman–Crippen MR) is 113 cm³/mol. The standard InChI is InChI=1S/C26H19N/c1-26(17-9-3-2-4-10-17)22-13-7-5-11-18(22)20-15-21-19-12-6-8-14-24(19)27-25(21)16-23(20)26/h2-16,27H,1H3. The van der Waals surface area contributed by atoms with Gasteiger partial charge in [0.2, 0.25) is 0 Å². The number of para-hydroxylation sites is 1. The Morgan fingerprint density at radius 3 is 2.22 bits per heavy atom. The highest BCUT2D eigenvalue weighted by molar-refractivity contribution is 6.09. The second-order valence-electron chi connectivity index (χ2n) is 7.65. The van der Waals surface area contributed by atoms with Gasteiger partial charge < -0.3 is 4.98 Å². The third-order valence-electron chi connectivity index (χ3n) is 6.29. The number of rotatable bonds is 1. The number of benzene rings is 4. The molecule has 27 heavy (non-hydrogen) atoms. The minimum absolute atomic E-state index is 0.140. The summed E-state index contributed by atoms with van der Waals surface area (Å²) in [7, 11) is 0. The van der Waals surface area contributed by atoms with Gasteiger partial charge in [-0.2, -0.15) is 0 Å². The molecule has 1 nitrogen and oxygen atoms in total. The molecule has 1 N–H and O–H groups in total. The van der Waals surface area contributed by atoms with Crippen LogP contribution in [-0.4, -0.2) is 4.98 Å². The molecule has 0 saturated heterocycles. The number of nitrogens with one attached hydrogen (secondary N) is 1. The zero-order valence-electron chi connectivity index (χ0n) is 15.2. The first kappa shape index (κ1) is 14.8. The molecule has 1 heterocycles. The third kappa shape index (κ3) is 1.84. The summed E-state index contributed by atoms with van der Waals surface area (Å²) >= 11 is 0. The van der Waals surface area contributed by atoms with Gasteiger partial charge in [0.25, 0.3) is 0 Å². The molecule has 1 atom stereocenters. The van der Waals surface area contributed by atoms with Gasteiger partial charge in [0.1, 0.15) is 0 Å². The van der Waals surface area contributed by atoms with Crippen molar-refractivity contribution in [2.24, 2.45) is 0 Å². The molecule has 1 heteroatoms. The predicted octanol–water partition coefficient (Wildman–Crippen LogP) is 6.66. The molecule has 0 spiro atoms. The van der Waals surface area contributed by atoms with E-state index in [2.05, 4.69) is 103 Å². The molecule has 1 aromatic heterocycles. The van der Waals surface area contributed by atoms with Crippen molar-refractivity contribution in [3.05, 3.63) is 108 Å². The van der Waals surface area contributed by atoms with E-state index in [1.54, 1.807) is 0 Å². The lowest BCUT2D eigenvalue weighted by Gasteiger charge is -2.28. The summed E-state index contributed by atoms with van der Waals surface area (Å²) in [5.41, 5.74) is 9.10. The van der Waals surface area contributed by atoms with Gasteiger partial charge in [-0.3, -0.25) is 0 Å². The molecule has 1 aliphatic rings. The van der Waals surface area contributed by atoms with Crippen molar-refractivity contribution in [1.82, 2.24) is 4.98 Å². The van der Waals surface area contributed by atoms with Crippen LogP contribution < -0.4 is 0 Å². The molecule has 0 bridgehead atoms. The topological polar surface area (TPSA) is 15.8 Å². The minimum Gasteiger partial charge on any atom is -0.355 e. The van der Waals surface area contributed by atoms with Crippen LogP contribution in [0.15, 0.2) is 91.0 Å². The van der Waals surface area contributed by atoms with Crippen molar-refractivity contribution in [2.45, 2.75) is 12.3 Å². The Balaban J connectivity index is 1.76. The Bertz CT molecular complexity index is 1330. The average Bonchev–Trinajstić information content (AvgIpc) is 3.22. The smallest absolute Gasteiger partial charge is 0.0468 e. The molecular formula is C26H19N. The van der Waals surface area contributed by atoms with Crippen molar-refractivity contribution in [3.63, 3.8) is 0 Å². The van der Waals surface area contributed by atoms with Gasteiger partial charge in [0.05, 0.1) is 0 Å². The summed E-state index contributed by atoms with van der Waals surface area (Å²) in [5.74, 6) is 0. The zero-order valence-corrected chi connectivity index (χ0v) is 15.2. The van der Waals surface area contributed by atoms with E-state index < -0.39 is 0 Å². The zero-order chi connectivity index (χ0) is 18.0. The average molecular weight is 345 g/mol. The van der Waals surface area contributed by atoms with Crippen molar-refractivity contribution in [2.75, 3.05) is 0 Å². The Morgan fingerprint density at radius 1 is 0.593 bits per heavy atom. The summed E-state index contributed by atoms with van der Waals surface area (Å²) in [6.07, 6.45) is 0. The lowest BCUT2D eigenvalue weighted by Crippen LogP contribution is -2.22. The van der Waals surface area contributed by atoms with Crippen LogP contribution in [0.4, 0.5) is 0 Å². The van der Waals surface area contributed by atoms with E-state index in [1.807, 2.05) is 0 Å². The number of hydrogen-bond donors (Lipinski definition) is 1. The van der Waals surface area contributed by atoms with Crippen LogP contribution in [0.3, 0.4) is 0 Å². The van der Waals surface area contributed by atoms with Crippen molar-refractivity contribution < 1.29 is 0 Å². The fourth-order valence-corrected chi connectivity index (χ4v) is 4.92. The van der Waals surface area contributed by atoms with Crippen LogP contribution in [0.1, 0.15) is 23.6 Å². The molecule has 0 radical (unpaired) electrons. The molecule has 0 fully saturated rings. The van der Waals surface area contributed by atoms with Crippen LogP contribution in [0.2, 0.25) is 0 Å². The van der Waals surface area contributed by atoms with Crippen LogP contribution >= 0.6 is 0 Å². The summed E-state index contributed by atoms with van der Waals surface area (Å²) in [6, 6.07) is 33.1. The molecule has 4 aromatic carbocycles. The summed E-state index contributed by atoms with van der Waals surface area (Å²) in [4.78, 5) is 3.62. The second-order valence-corrected chi connectivity index (χ2v) is 7.65. The maximum absolute atomic E-state index is 3.62. The van der Waals surface area contributed by atoms with E-state index in [0.29, 0.717) is 0 Å². The first-order chi connectivity index (χ1) is 13.3. The summed E-state index contributed by atoms with van der Waals surface area (Å²) in [6.45, 7) is 2.36. The Morgan fingerprint density at radius 2 is 1.33 bits per heavy atom. The molecular weight excluding hydrogens is 326 g/mol. The first-order valence-corrected chi connectivity index (χ1v) is 9.47. The van der Waals surface area contributed by atoms with E-state index in [9.17, 15) is 0 Å². The number of hydrogen-bond acceptors (Lipinski definition) is 0. The van der Waals surface area contributed by atoms with Gasteiger partial charge in [-0.25, -0.2) is 0 Å². The molecule has 0 amide bonds. The van der Waals surface area contributed by atoms with Gasteiger partial charge in [0.15, 0.2) is 0 Å². The first-order valence-electron chi connectivity index (χ1n) is 9.47. The van der Waals surface area contributed by atoms with Crippen LogP contribution in [0.5, 0.6) is 0 Å². The van der Waals surface area contributed by atoms with Crippen molar-refractivity contribution >= 4 is 21.8 Å². The molecule has 5 aromatic rings. The number of aromatic amines is 1. The maximum Gasteiger partial charge on any atom is 0.0468 e. The minimum atomic E-state index is -0.140. The Kier molecular flexibility index (Phi) is 2.80. The largest absolute Gasteiger partial charge is 0.355 e. The number of H-pyrrole nitrogens is 1. The fourth-order valence-electron chi connectivity index (χ4n) is 4.92. The van der Waals surface area contributed by atoms with E-state index >= 15 is 0 Å². The highest BCUT2D eigenvalue weighted by Crippen LogP contribution is 2.53. The van der Waals surface area contributed by atoms with Crippen LogP contribution in [-0.2, 0) is 5.41 Å². The molecule has 0 aliphatic heterocycles. The highest BCUT2D eigenvalue weighted by atomic mass is 14.7. The molecule has 1 aliphatic carbocycles. The summed E-state index contributed by atoms with van der Waals surface area (Å²) in [5, 5.41) is 2.59. The lowest BCUT2D eigenvalue weighted by molar-refractivity contribution is 0.714. The van der Waals surface area contributed by atoms with Crippen molar-refractivity contribution in [3.8, 4) is 11.1 Å². The quantitative estimate of drug-likeness (QED) is 0.350. The number of aromatic nitrogens is 1. The van der Waals surface area contributed by atoms with Gasteiger partial charge >= 0.3 is 0 Å². The monoisotopic (exact) mass is 345 g/mol. The van der Waals surface area contributed by atoms with Gasteiger partial charge in [-0.05, 0) is 52.9 Å². The third-order valence-corrected chi connectivity index (χ3v) is 6.29. The van der Waals surface area contributed by atoms with Crippen LogP contribution in [0, 0.1) is 0 Å². The van der Waals surface area contributed by atoms with Crippen molar-refractivity contribution in [1.29, 1.82) is 0 Å². The Labute approximate surface area is 158 Å². The normalized spacial score (nSPS) is 18.0. The second kappa shape index (κ2) is 5.11. The van der Waals surface area contributed by atoms with E-state index in [4.69, 9.17) is 0 Å². The van der Waals surface area contributed by atoms with Gasteiger partial charge in [-0.15, -0.1) is 0 Å². The summed E-state index contributed by atoms with van der Waals surface area (Å²) < 4.78 is 0. The molecule has 1 unspecified atom stereocenters. The van der Waals surface area contributed by atoms with Gasteiger partial charge in [-0.1, -0.05) is 72.8 Å². The fraction of sp³-hybridized carbons (Fsp3) is 0.0769. The van der Waals surface area contributed by atoms with Crippen LogP contribution in [0.25, 0.3) is 32.9 Å². The van der Waals surface area contributed by atoms with Gasteiger partial charge in [0, 0.05) is 27.2 Å². The lowest BCUT2D eigenvalue weighted by atomic mass is 9.74. The number of fused-ring (bicyclic) bond motifs is 6. The molecule has 128 valence electrons. The van der Waals surface area contributed by atoms with E-state index in [-0.39, 0.29) is 5.41 Å². The highest BCUT2D eigenvalue weighted by Gasteiger charge is 2.40. The Hall–Kier alpha value is -3.32. The molecule has 0 saturated carbocycles. The molecule has 6 rings (SSSR count). The van der Waals surface area contributed by atoms with E-state index in [0.717, 1.165) is 0 Å². The SMILES string of the molecule is CC1(c2ccccc2)c2ccccc2-c2cc3c(cc21)[nH]c1ccccc13. The van der Waals surface area contributed by atoms with E-state index in [1.165, 1.54) is 49.6 Å².